The fourth-order valence-electron chi connectivity index (χ4n) is 5.49. The number of aromatic nitrogens is 3. The number of carbonyl (C=O) groups excluding carboxylic acids is 1. The van der Waals surface area contributed by atoms with Gasteiger partial charge in [-0.3, -0.25) is 4.79 Å². The molecule has 3 aromatic heterocycles. The van der Waals surface area contributed by atoms with Crippen LogP contribution in [-0.2, 0) is 4.79 Å². The van der Waals surface area contributed by atoms with E-state index in [1.165, 1.54) is 0 Å². The van der Waals surface area contributed by atoms with Crippen molar-refractivity contribution in [2.45, 2.75) is 54.9 Å². The fraction of sp³-hybridized carbons (Fsp3) is 0.455. The zero-order valence-corrected chi connectivity index (χ0v) is 22.1. The summed E-state index contributed by atoms with van der Waals surface area (Å²) in [6.45, 7) is 1.80. The third-order valence-corrected chi connectivity index (χ3v) is 6.93. The van der Waals surface area contributed by atoms with Crippen molar-refractivity contribution < 1.29 is 9.21 Å². The second kappa shape index (κ2) is 9.92. The van der Waals surface area contributed by atoms with Crippen LogP contribution in [0.3, 0.4) is 0 Å². The predicted molar refractivity (Wildman–Crippen MR) is 158 cm³/mol. The van der Waals surface area contributed by atoms with E-state index in [-0.39, 0.29) is 22.1 Å². The third kappa shape index (κ3) is 6.24. The van der Waals surface area contributed by atoms with Crippen LogP contribution in [0.1, 0.15) is 31.6 Å². The highest BCUT2D eigenvalue weighted by Crippen LogP contribution is 2.34. The number of nitrogens with one attached hydrogen (secondary N) is 2. The Balaban J connectivity index is 1.38. The Hall–Kier alpha value is -2.41. The number of fused-ring (bicyclic) bond motifs is 1. The SMILES string of the molecule is BC(B)(B)C(N[C@H]1CC[C@H](C(=O)Nc2cc3nc(-c4cnc(C)o4)ccc3cn2)CC1)C(B)(B)B. The quantitative estimate of drug-likeness (QED) is 0.393. The van der Waals surface area contributed by atoms with Gasteiger partial charge in [0.05, 0.1) is 58.8 Å². The van der Waals surface area contributed by atoms with E-state index in [9.17, 15) is 4.79 Å². The molecule has 0 aliphatic heterocycles. The van der Waals surface area contributed by atoms with Crippen molar-refractivity contribution in [3.63, 3.8) is 0 Å². The van der Waals surface area contributed by atoms with Gasteiger partial charge in [-0.05, 0) is 43.9 Å². The molecule has 176 valence electrons. The van der Waals surface area contributed by atoms with Crippen LogP contribution in [0, 0.1) is 12.8 Å². The first kappa shape index (κ1) is 25.7. The van der Waals surface area contributed by atoms with Crippen molar-refractivity contribution >= 4 is 69.7 Å². The zero-order valence-electron chi connectivity index (χ0n) is 22.1. The molecule has 1 saturated carbocycles. The molecule has 2 N–H and O–H groups in total. The molecule has 0 bridgehead atoms. The van der Waals surface area contributed by atoms with Gasteiger partial charge in [0.1, 0.15) is 11.5 Å². The summed E-state index contributed by atoms with van der Waals surface area (Å²) in [4.78, 5) is 26.3. The Bertz CT molecular complexity index is 1190. The standard InChI is InChI=1S/C22H33B6N5O2/c1-11-29-10-17(35-11)15-7-4-13-9-30-18(8-16(13)32-15)33-19(34)12-2-5-14(6-3-12)31-20(21(23,24)25)22(26,27)28/h4,7-10,12,14,20,31H,2-3,5-6,23-28H2,1H3,(H,30,33,34)/t12-,14-. The van der Waals surface area contributed by atoms with Gasteiger partial charge in [0.25, 0.3) is 0 Å². The van der Waals surface area contributed by atoms with Crippen molar-refractivity contribution in [1.82, 2.24) is 20.3 Å². The normalized spacial score (nSPS) is 19.1. The lowest BCUT2D eigenvalue weighted by atomic mass is 9.27. The summed E-state index contributed by atoms with van der Waals surface area (Å²) in [5, 5.41) is 8.20. The molecule has 1 amide bonds. The Morgan fingerprint density at radius 2 is 1.71 bits per heavy atom. The summed E-state index contributed by atoms with van der Waals surface area (Å²) >= 11 is 0. The average molecular weight is 464 g/mol. The van der Waals surface area contributed by atoms with E-state index in [2.05, 4.69) is 72.7 Å². The van der Waals surface area contributed by atoms with Gasteiger partial charge >= 0.3 is 0 Å². The molecule has 0 atom stereocenters. The lowest BCUT2D eigenvalue weighted by molar-refractivity contribution is -0.120. The minimum absolute atomic E-state index is 0.00438. The van der Waals surface area contributed by atoms with E-state index in [0.29, 0.717) is 35.2 Å². The summed E-state index contributed by atoms with van der Waals surface area (Å²) in [5.41, 5.74) is 1.46. The van der Waals surface area contributed by atoms with Crippen molar-refractivity contribution in [2.75, 3.05) is 5.32 Å². The number of anilines is 1. The maximum absolute atomic E-state index is 13.0. The molecule has 1 fully saturated rings. The molecule has 3 aromatic rings. The van der Waals surface area contributed by atoms with E-state index in [1.807, 2.05) is 18.2 Å². The molecule has 4 rings (SSSR count). The Labute approximate surface area is 213 Å². The maximum Gasteiger partial charge on any atom is 0.228 e. The van der Waals surface area contributed by atoms with E-state index in [4.69, 9.17) is 4.42 Å². The van der Waals surface area contributed by atoms with Gasteiger partial charge in [0, 0.05) is 36.5 Å². The van der Waals surface area contributed by atoms with Gasteiger partial charge in [0.2, 0.25) is 5.91 Å². The fourth-order valence-corrected chi connectivity index (χ4v) is 5.49. The topological polar surface area (TPSA) is 92.9 Å². The maximum atomic E-state index is 13.0. The first-order chi connectivity index (χ1) is 16.4. The molecular formula is C22H33B6N5O2. The van der Waals surface area contributed by atoms with Gasteiger partial charge in [-0.25, -0.2) is 15.0 Å². The van der Waals surface area contributed by atoms with Gasteiger partial charge in [0.15, 0.2) is 11.7 Å². The number of hydrogen-bond acceptors (Lipinski definition) is 6. The molecule has 1 aliphatic carbocycles. The lowest BCUT2D eigenvalue weighted by Crippen LogP contribution is -2.55. The van der Waals surface area contributed by atoms with Crippen LogP contribution in [0.4, 0.5) is 5.82 Å². The van der Waals surface area contributed by atoms with Crippen LogP contribution in [0.5, 0.6) is 0 Å². The number of rotatable bonds is 7. The van der Waals surface area contributed by atoms with Crippen LogP contribution < -0.4 is 10.6 Å². The van der Waals surface area contributed by atoms with Crippen molar-refractivity contribution in [1.29, 1.82) is 0 Å². The molecule has 7 nitrogen and oxygen atoms in total. The molecule has 35 heavy (non-hydrogen) atoms. The predicted octanol–water partition coefficient (Wildman–Crippen LogP) is -2.01. The number of aryl methyl sites for hydroxylation is 1. The number of oxazole rings is 1. The Morgan fingerprint density at radius 1 is 1.03 bits per heavy atom. The van der Waals surface area contributed by atoms with Gasteiger partial charge in [-0.15, -0.1) is 0 Å². The zero-order chi connectivity index (χ0) is 25.4. The molecule has 0 spiro atoms. The minimum atomic E-state index is 0.00438. The molecule has 3 heterocycles. The summed E-state index contributed by atoms with van der Waals surface area (Å²) in [5.74, 6) is 1.80. The monoisotopic (exact) mass is 465 g/mol. The summed E-state index contributed by atoms with van der Waals surface area (Å²) < 4.78 is 5.60. The minimum Gasteiger partial charge on any atom is -0.439 e. The van der Waals surface area contributed by atoms with E-state index in [1.54, 1.807) is 19.3 Å². The van der Waals surface area contributed by atoms with Crippen LogP contribution in [-0.4, -0.2) is 80.0 Å². The first-order valence-electron chi connectivity index (χ1n) is 12.7. The first-order valence-corrected chi connectivity index (χ1v) is 12.7. The molecular weight excluding hydrogens is 431 g/mol. The van der Waals surface area contributed by atoms with Gasteiger partial charge in [-0.1, -0.05) is 10.2 Å². The summed E-state index contributed by atoms with van der Waals surface area (Å²) in [6, 6.07) is 6.52. The second-order valence-electron chi connectivity index (χ2n) is 12.1. The molecule has 1 aliphatic rings. The number of nitrogens with zero attached hydrogens (tertiary/aromatic N) is 3. The highest BCUT2D eigenvalue weighted by atomic mass is 16.4. The number of carbonyl (C=O) groups is 1. The summed E-state index contributed by atoms with van der Waals surface area (Å²) in [7, 11) is 13.8. The second-order valence-corrected chi connectivity index (χ2v) is 12.1. The van der Waals surface area contributed by atoms with E-state index >= 15 is 0 Å². The van der Waals surface area contributed by atoms with Crippen LogP contribution >= 0.6 is 0 Å². The molecule has 0 saturated heterocycles. The van der Waals surface area contributed by atoms with Crippen LogP contribution in [0.15, 0.2) is 35.0 Å². The largest absolute Gasteiger partial charge is 0.439 e. The van der Waals surface area contributed by atoms with Crippen molar-refractivity contribution in [3.05, 3.63) is 36.5 Å². The number of hydrogen-bond donors (Lipinski definition) is 2. The van der Waals surface area contributed by atoms with E-state index in [0.717, 1.165) is 36.6 Å². The van der Waals surface area contributed by atoms with E-state index < -0.39 is 0 Å². The lowest BCUT2D eigenvalue weighted by Gasteiger charge is -2.45. The summed E-state index contributed by atoms with van der Waals surface area (Å²) in [6.07, 6.45) is 7.19. The van der Waals surface area contributed by atoms with Crippen LogP contribution in [0.25, 0.3) is 22.4 Å². The van der Waals surface area contributed by atoms with Gasteiger partial charge < -0.3 is 15.1 Å². The molecule has 13 heteroatoms. The Morgan fingerprint density at radius 3 is 2.31 bits per heavy atom. The highest BCUT2D eigenvalue weighted by molar-refractivity contribution is 6.64. The number of pyridine rings is 2. The molecule has 0 aromatic carbocycles. The molecule has 0 unspecified atom stereocenters. The smallest absolute Gasteiger partial charge is 0.228 e. The highest BCUT2D eigenvalue weighted by Gasteiger charge is 2.36. The van der Waals surface area contributed by atoms with Crippen LogP contribution in [0.2, 0.25) is 10.2 Å². The molecule has 0 radical (unpaired) electrons. The average Bonchev–Trinajstić information content (AvgIpc) is 3.22. The Kier molecular flexibility index (Phi) is 7.28. The third-order valence-electron chi connectivity index (χ3n) is 6.93. The van der Waals surface area contributed by atoms with Crippen molar-refractivity contribution in [3.8, 4) is 11.5 Å². The number of amides is 1. The van der Waals surface area contributed by atoms with Gasteiger partial charge in [-0.2, -0.15) is 0 Å². The van der Waals surface area contributed by atoms with Crippen molar-refractivity contribution in [2.24, 2.45) is 5.92 Å².